The monoisotopic (exact) mass is 110 g/mol. The van der Waals surface area contributed by atoms with Crippen molar-refractivity contribution in [2.75, 3.05) is 0 Å². The molecule has 2 atom stereocenters. The van der Waals surface area contributed by atoms with Gasteiger partial charge in [-0.05, 0) is 20.1 Å². The topological polar surface area (TPSA) is 0 Å². The maximum Gasteiger partial charge on any atom is -0.0126 e. The van der Waals surface area contributed by atoms with Crippen LogP contribution in [0.5, 0.6) is 0 Å². The van der Waals surface area contributed by atoms with Crippen LogP contribution in [0, 0.1) is 0 Å². The smallest absolute Gasteiger partial charge is 0.0126 e. The van der Waals surface area contributed by atoms with Crippen molar-refractivity contribution in [3.05, 3.63) is 0 Å². The van der Waals surface area contributed by atoms with Gasteiger partial charge in [-0.1, -0.05) is 0 Å². The maximum absolute atomic E-state index is 2.32. The van der Waals surface area contributed by atoms with Crippen molar-refractivity contribution in [1.82, 2.24) is 0 Å². The van der Waals surface area contributed by atoms with Crippen LogP contribution in [0.4, 0.5) is 0 Å². The highest BCUT2D eigenvalue weighted by molar-refractivity contribution is 8.54. The molecule has 0 fully saturated rings. The van der Waals surface area contributed by atoms with Gasteiger partial charge < -0.3 is 0 Å². The first-order valence-corrected chi connectivity index (χ1v) is 6.83. The molecule has 1 aromatic rings. The largest absolute Gasteiger partial charge is 0.103 e. The lowest BCUT2D eigenvalue weighted by Crippen LogP contribution is -0.937. The summed E-state index contributed by atoms with van der Waals surface area (Å²) in [5, 5.41) is 0. The van der Waals surface area contributed by atoms with Crippen LogP contribution in [0.1, 0.15) is 0 Å². The van der Waals surface area contributed by atoms with Gasteiger partial charge in [0, 0.05) is 0 Å². The molecule has 0 saturated carbocycles. The molecule has 1 aromatic heterocycles. The number of aryl methyl sites for hydroxylation is 1. The molecule has 4 heavy (non-hydrogen) atoms. The van der Waals surface area contributed by atoms with E-state index < -0.39 is 0 Å². The molecule has 24 valence electrons. The SMILES string of the molecule is Cp1[pH]s1. The number of hydrogen-bond acceptors (Lipinski definition) is 1. The van der Waals surface area contributed by atoms with Gasteiger partial charge in [-0.2, -0.15) is 0 Å². The molecule has 0 aliphatic carbocycles. The summed E-state index contributed by atoms with van der Waals surface area (Å²) >= 11 is 0. The molecule has 0 spiro atoms. The van der Waals surface area contributed by atoms with Gasteiger partial charge in [0.2, 0.25) is 0 Å². The van der Waals surface area contributed by atoms with Crippen LogP contribution in [0.15, 0.2) is 0 Å². The zero-order valence-electron chi connectivity index (χ0n) is 2.36. The Morgan fingerprint density at radius 2 is 2.25 bits per heavy atom. The van der Waals surface area contributed by atoms with E-state index >= 15 is 0 Å². The standard InChI is InChI=1S/CH4P2S/c1-3-2-4-3/h2H,1H3. The molecule has 0 bridgehead atoms. The summed E-state index contributed by atoms with van der Waals surface area (Å²) in [7, 11) is 3.40. The van der Waals surface area contributed by atoms with Crippen LogP contribution in [-0.4, -0.2) is 0 Å². The predicted octanol–water partition coefficient (Wildman–Crippen LogP) is 2.30. The first-order valence-electron chi connectivity index (χ1n) is 1.06. The molecule has 1 heterocycles. The summed E-state index contributed by atoms with van der Waals surface area (Å²) in [6.45, 7) is 2.32. The molecule has 0 amide bonds. The van der Waals surface area contributed by atoms with E-state index in [0.717, 1.165) is 0 Å². The Kier molecular flexibility index (Phi) is 0.679. The second-order valence-electron chi connectivity index (χ2n) is 0.680. The van der Waals surface area contributed by atoms with Crippen LogP contribution in [0.25, 0.3) is 0 Å². The quantitative estimate of drug-likeness (QED) is 0.480. The molecule has 0 aliphatic rings. The van der Waals surface area contributed by atoms with Crippen molar-refractivity contribution in [2.45, 2.75) is 0 Å². The zero-order valence-corrected chi connectivity index (χ0v) is 5.07. The molecule has 1 rings (SSSR count). The molecule has 3 heteroatoms. The van der Waals surface area contributed by atoms with E-state index in [4.69, 9.17) is 0 Å². The average molecular weight is 110 g/mol. The van der Waals surface area contributed by atoms with Gasteiger partial charge in [-0.25, -0.2) is 0 Å². The van der Waals surface area contributed by atoms with Gasteiger partial charge in [0.1, 0.15) is 0 Å². The summed E-state index contributed by atoms with van der Waals surface area (Å²) in [5.41, 5.74) is 0. The summed E-state index contributed by atoms with van der Waals surface area (Å²) in [6, 6.07) is 0. The number of rotatable bonds is 0. The van der Waals surface area contributed by atoms with E-state index in [-0.39, 0.29) is 0 Å². The molecular weight excluding hydrogens is 106 g/mol. The second-order valence-corrected chi connectivity index (χ2v) is 11.0. The third-order valence-electron chi connectivity index (χ3n) is 0.274. The first-order chi connectivity index (χ1) is 1.89. The Labute approximate surface area is 31.4 Å². The van der Waals surface area contributed by atoms with Gasteiger partial charge in [0.25, 0.3) is 0 Å². The minimum atomic E-state index is 0.574. The van der Waals surface area contributed by atoms with Crippen molar-refractivity contribution < 1.29 is 0 Å². The molecule has 0 aliphatic heterocycles. The van der Waals surface area contributed by atoms with E-state index in [1.807, 2.05) is 0 Å². The lowest BCUT2D eigenvalue weighted by Gasteiger charge is -1.39. The highest BCUT2D eigenvalue weighted by Crippen LogP contribution is 2.56. The molecule has 0 aromatic carbocycles. The zero-order chi connectivity index (χ0) is 2.99. The van der Waals surface area contributed by atoms with Gasteiger partial charge in [-0.15, -0.1) is 10.5 Å². The fourth-order valence-corrected chi connectivity index (χ4v) is 3.31. The fraction of sp³-hybridized carbons (Fsp3) is 1.00. The van der Waals surface area contributed by atoms with Crippen molar-refractivity contribution >= 4 is 24.0 Å². The van der Waals surface area contributed by atoms with E-state index in [1.165, 1.54) is 7.05 Å². The third kappa shape index (κ3) is 0.640. The van der Waals surface area contributed by atoms with Crippen LogP contribution in [0.2, 0.25) is 0 Å². The fourth-order valence-electron chi connectivity index (χ4n) is 0.0408. The number of hydrogen-bond donors (Lipinski definition) is 0. The molecule has 0 N–H and O–H groups in total. The van der Waals surface area contributed by atoms with Crippen LogP contribution < -0.4 is 0 Å². The normalized spacial score (nSPS) is 15.8. The van der Waals surface area contributed by atoms with Crippen molar-refractivity contribution in [1.29, 1.82) is 0 Å². The Morgan fingerprint density at radius 3 is 2.25 bits per heavy atom. The highest BCUT2D eigenvalue weighted by atomic mass is 33.1. The Balaban J connectivity index is 2.81. The molecule has 0 nitrogen and oxygen atoms in total. The Hall–Kier alpha value is 0.820. The summed E-state index contributed by atoms with van der Waals surface area (Å²) < 4.78 is 0. The molecular formula is CH4P2S. The van der Waals surface area contributed by atoms with Crippen molar-refractivity contribution in [3.8, 4) is 0 Å². The summed E-state index contributed by atoms with van der Waals surface area (Å²) in [4.78, 5) is 0. The van der Waals surface area contributed by atoms with E-state index in [0.29, 0.717) is 6.39 Å². The highest BCUT2D eigenvalue weighted by Gasteiger charge is 1.79. The minimum absolute atomic E-state index is 0.574. The predicted molar refractivity (Wildman–Crippen MR) is 27.5 cm³/mol. The minimum Gasteiger partial charge on any atom is -0.103 e. The van der Waals surface area contributed by atoms with Crippen LogP contribution in [0.3, 0.4) is 0 Å². The molecule has 0 radical (unpaired) electrons. The summed E-state index contributed by atoms with van der Waals surface area (Å²) in [5.74, 6) is 0. The van der Waals surface area contributed by atoms with Gasteiger partial charge >= 0.3 is 0 Å². The Bertz CT molecular complexity index is 64.6. The van der Waals surface area contributed by atoms with Crippen LogP contribution in [-0.2, 0) is 6.66 Å². The average Bonchev–Trinajstić information content (AvgIpc) is 1.75. The Morgan fingerprint density at radius 1 is 2.00 bits per heavy atom. The van der Waals surface area contributed by atoms with E-state index in [9.17, 15) is 0 Å². The van der Waals surface area contributed by atoms with Gasteiger partial charge in [0.15, 0.2) is 0 Å². The first kappa shape index (κ1) is 3.03. The lowest BCUT2D eigenvalue weighted by molar-refractivity contribution is 2.19. The molecule has 2 unspecified atom stereocenters. The lowest BCUT2D eigenvalue weighted by atomic mass is 12.0. The molecule has 0 saturated heterocycles. The van der Waals surface area contributed by atoms with E-state index in [1.54, 1.807) is 0 Å². The second kappa shape index (κ2) is 0.897. The van der Waals surface area contributed by atoms with Crippen molar-refractivity contribution in [3.63, 3.8) is 0 Å². The van der Waals surface area contributed by atoms with Crippen LogP contribution >= 0.6 is 24.0 Å². The summed E-state index contributed by atoms with van der Waals surface area (Å²) in [6.07, 6.45) is 0.574. The van der Waals surface area contributed by atoms with E-state index in [2.05, 4.69) is 17.2 Å². The third-order valence-corrected chi connectivity index (χ3v) is 7.39. The van der Waals surface area contributed by atoms with Gasteiger partial charge in [0.05, 0.1) is 0 Å². The van der Waals surface area contributed by atoms with Crippen molar-refractivity contribution in [2.24, 2.45) is 6.66 Å². The van der Waals surface area contributed by atoms with Gasteiger partial charge in [-0.3, -0.25) is 0 Å². The maximum atomic E-state index is 2.32.